The molecular weight excluding hydrogens is 355 g/mol. The largest absolute Gasteiger partial charge is 0.508 e. The van der Waals surface area contributed by atoms with E-state index in [0.29, 0.717) is 18.8 Å². The summed E-state index contributed by atoms with van der Waals surface area (Å²) in [6.07, 6.45) is -4.34. The third-order valence-electron chi connectivity index (χ3n) is 4.48. The lowest BCUT2D eigenvalue weighted by atomic mass is 10.0. The lowest BCUT2D eigenvalue weighted by Gasteiger charge is -2.19. The van der Waals surface area contributed by atoms with Crippen LogP contribution in [-0.4, -0.2) is 24.2 Å². The maximum absolute atomic E-state index is 12.7. The minimum Gasteiger partial charge on any atom is -0.508 e. The van der Waals surface area contributed by atoms with Gasteiger partial charge in [0.1, 0.15) is 11.5 Å². The molecule has 0 bridgehead atoms. The van der Waals surface area contributed by atoms with Crippen LogP contribution in [0.1, 0.15) is 16.7 Å². The van der Waals surface area contributed by atoms with Gasteiger partial charge >= 0.3 is 6.18 Å². The van der Waals surface area contributed by atoms with Crippen LogP contribution in [0.5, 0.6) is 11.5 Å². The zero-order valence-corrected chi connectivity index (χ0v) is 15.0. The van der Waals surface area contributed by atoms with E-state index in [1.165, 1.54) is 12.1 Å². The van der Waals surface area contributed by atoms with Gasteiger partial charge in [0, 0.05) is 18.7 Å². The highest BCUT2D eigenvalue weighted by Gasteiger charge is 2.29. The smallest absolute Gasteiger partial charge is 0.416 e. The first kappa shape index (κ1) is 19.0. The van der Waals surface area contributed by atoms with Crippen molar-refractivity contribution in [1.82, 2.24) is 4.90 Å². The Hall–Kier alpha value is -2.73. The number of nitrogens with zero attached hydrogens (tertiary/aromatic N) is 1. The molecule has 0 aliphatic rings. The number of benzene rings is 3. The van der Waals surface area contributed by atoms with Gasteiger partial charge in [-0.1, -0.05) is 24.3 Å². The maximum atomic E-state index is 12.7. The molecule has 0 saturated carbocycles. The molecule has 27 heavy (non-hydrogen) atoms. The molecule has 0 spiro atoms. The predicted octanol–water partition coefficient (Wildman–Crippen LogP) is 5.20. The molecule has 0 fully saturated rings. The number of halogens is 3. The number of rotatable bonds is 5. The average Bonchev–Trinajstić information content (AvgIpc) is 2.63. The second kappa shape index (κ2) is 7.48. The molecule has 3 aromatic carbocycles. The number of alkyl halides is 3. The standard InChI is InChI=1S/C21H20F3NO2/c1-25(12-14-3-7-16(8-4-14)21(22,23)24)13-19-18-11-17(27-2)9-5-15(18)6-10-20(19)26/h3-11,26H,12-13H2,1-2H3. The van der Waals surface area contributed by atoms with Crippen molar-refractivity contribution in [2.45, 2.75) is 19.3 Å². The van der Waals surface area contributed by atoms with Crippen LogP contribution in [0.3, 0.4) is 0 Å². The number of fused-ring (bicyclic) bond motifs is 1. The molecule has 1 N–H and O–H groups in total. The van der Waals surface area contributed by atoms with Crippen molar-refractivity contribution < 1.29 is 23.0 Å². The number of ether oxygens (including phenoxy) is 1. The highest BCUT2D eigenvalue weighted by molar-refractivity contribution is 5.88. The van der Waals surface area contributed by atoms with Crippen LogP contribution in [0.25, 0.3) is 10.8 Å². The molecule has 0 aromatic heterocycles. The average molecular weight is 375 g/mol. The number of aromatic hydroxyl groups is 1. The van der Waals surface area contributed by atoms with Gasteiger partial charge in [0.2, 0.25) is 0 Å². The highest BCUT2D eigenvalue weighted by atomic mass is 19.4. The van der Waals surface area contributed by atoms with Gasteiger partial charge in [-0.05, 0) is 53.7 Å². The number of hydrogen-bond donors (Lipinski definition) is 1. The Morgan fingerprint density at radius 3 is 2.26 bits per heavy atom. The van der Waals surface area contributed by atoms with Crippen LogP contribution in [0.4, 0.5) is 13.2 Å². The fourth-order valence-electron chi connectivity index (χ4n) is 3.08. The molecule has 0 aliphatic carbocycles. The molecule has 142 valence electrons. The fraction of sp³-hybridized carbons (Fsp3) is 0.238. The molecular formula is C21H20F3NO2. The van der Waals surface area contributed by atoms with Gasteiger partial charge in [0.15, 0.2) is 0 Å². The van der Waals surface area contributed by atoms with E-state index in [9.17, 15) is 18.3 Å². The third-order valence-corrected chi connectivity index (χ3v) is 4.48. The summed E-state index contributed by atoms with van der Waals surface area (Å²) in [7, 11) is 3.44. The number of hydrogen-bond acceptors (Lipinski definition) is 3. The zero-order chi connectivity index (χ0) is 19.6. The van der Waals surface area contributed by atoms with Crippen LogP contribution in [0.2, 0.25) is 0 Å². The van der Waals surface area contributed by atoms with E-state index in [4.69, 9.17) is 4.74 Å². The van der Waals surface area contributed by atoms with Crippen LogP contribution < -0.4 is 4.74 Å². The summed E-state index contributed by atoms with van der Waals surface area (Å²) in [6, 6.07) is 14.3. The molecule has 0 atom stereocenters. The lowest BCUT2D eigenvalue weighted by molar-refractivity contribution is -0.137. The molecule has 0 heterocycles. The Morgan fingerprint density at radius 1 is 0.963 bits per heavy atom. The molecule has 0 saturated heterocycles. The summed E-state index contributed by atoms with van der Waals surface area (Å²) >= 11 is 0. The monoisotopic (exact) mass is 375 g/mol. The van der Waals surface area contributed by atoms with Crippen LogP contribution >= 0.6 is 0 Å². The van der Waals surface area contributed by atoms with Crippen molar-refractivity contribution in [1.29, 1.82) is 0 Å². The summed E-state index contributed by atoms with van der Waals surface area (Å²) in [5.74, 6) is 0.870. The Kier molecular flexibility index (Phi) is 5.28. The van der Waals surface area contributed by atoms with Crippen LogP contribution in [0, 0.1) is 0 Å². The van der Waals surface area contributed by atoms with E-state index in [0.717, 1.165) is 34.0 Å². The Labute approximate surface area is 155 Å². The number of phenols is 1. The molecule has 0 radical (unpaired) electrons. The molecule has 0 amide bonds. The Balaban J connectivity index is 1.81. The second-order valence-corrected chi connectivity index (χ2v) is 6.52. The maximum Gasteiger partial charge on any atom is 0.416 e. The molecule has 3 nitrogen and oxygen atoms in total. The van der Waals surface area contributed by atoms with Gasteiger partial charge < -0.3 is 9.84 Å². The zero-order valence-electron chi connectivity index (χ0n) is 15.0. The van der Waals surface area contributed by atoms with Gasteiger partial charge in [0.05, 0.1) is 12.7 Å². The van der Waals surface area contributed by atoms with Crippen molar-refractivity contribution in [3.8, 4) is 11.5 Å². The number of methoxy groups -OCH3 is 1. The Morgan fingerprint density at radius 2 is 1.63 bits per heavy atom. The normalized spacial score (nSPS) is 11.9. The third kappa shape index (κ3) is 4.34. The van der Waals surface area contributed by atoms with Crippen molar-refractivity contribution >= 4 is 10.8 Å². The molecule has 3 rings (SSSR count). The summed E-state index contributed by atoms with van der Waals surface area (Å²) in [4.78, 5) is 1.94. The van der Waals surface area contributed by atoms with E-state index in [-0.39, 0.29) is 5.75 Å². The van der Waals surface area contributed by atoms with Gasteiger partial charge in [0.25, 0.3) is 0 Å². The van der Waals surface area contributed by atoms with E-state index >= 15 is 0 Å². The topological polar surface area (TPSA) is 32.7 Å². The molecule has 0 unspecified atom stereocenters. The van der Waals surface area contributed by atoms with Gasteiger partial charge in [-0.15, -0.1) is 0 Å². The minimum absolute atomic E-state index is 0.176. The molecule has 3 aromatic rings. The van der Waals surface area contributed by atoms with E-state index in [1.807, 2.05) is 36.2 Å². The predicted molar refractivity (Wildman–Crippen MR) is 98.8 cm³/mol. The fourth-order valence-corrected chi connectivity index (χ4v) is 3.08. The van der Waals surface area contributed by atoms with Gasteiger partial charge in [-0.3, -0.25) is 4.90 Å². The summed E-state index contributed by atoms with van der Waals surface area (Å²) in [5.41, 5.74) is 0.858. The van der Waals surface area contributed by atoms with Crippen molar-refractivity contribution in [2.75, 3.05) is 14.2 Å². The second-order valence-electron chi connectivity index (χ2n) is 6.52. The quantitative estimate of drug-likeness (QED) is 0.665. The summed E-state index contributed by atoms with van der Waals surface area (Å²) in [5, 5.41) is 12.2. The van der Waals surface area contributed by atoms with Gasteiger partial charge in [-0.2, -0.15) is 13.2 Å². The van der Waals surface area contributed by atoms with E-state index < -0.39 is 11.7 Å². The lowest BCUT2D eigenvalue weighted by Crippen LogP contribution is -2.17. The summed E-state index contributed by atoms with van der Waals surface area (Å²) < 4.78 is 43.3. The molecule has 6 heteroatoms. The first-order valence-electron chi connectivity index (χ1n) is 8.41. The highest BCUT2D eigenvalue weighted by Crippen LogP contribution is 2.32. The Bertz CT molecular complexity index is 937. The van der Waals surface area contributed by atoms with Crippen molar-refractivity contribution in [3.63, 3.8) is 0 Å². The minimum atomic E-state index is -4.34. The first-order valence-corrected chi connectivity index (χ1v) is 8.41. The number of phenolic OH excluding ortho intramolecular Hbond substituents is 1. The van der Waals surface area contributed by atoms with E-state index in [2.05, 4.69) is 0 Å². The molecule has 0 aliphatic heterocycles. The summed E-state index contributed by atoms with van der Waals surface area (Å²) in [6.45, 7) is 0.898. The van der Waals surface area contributed by atoms with Crippen LogP contribution in [0.15, 0.2) is 54.6 Å². The van der Waals surface area contributed by atoms with Crippen LogP contribution in [-0.2, 0) is 19.3 Å². The van der Waals surface area contributed by atoms with Crippen molar-refractivity contribution in [3.05, 3.63) is 71.3 Å². The SMILES string of the molecule is COc1ccc2ccc(O)c(CN(C)Cc3ccc(C(F)(F)F)cc3)c2c1. The van der Waals surface area contributed by atoms with E-state index in [1.54, 1.807) is 13.2 Å². The van der Waals surface area contributed by atoms with Crippen molar-refractivity contribution in [2.24, 2.45) is 0 Å². The van der Waals surface area contributed by atoms with Gasteiger partial charge in [-0.25, -0.2) is 0 Å². The first-order chi connectivity index (χ1) is 12.8.